The minimum absolute atomic E-state index is 0.412. The number of unbranched alkanes of at least 4 members (excludes halogenated alkanes) is 1. The largest absolute Gasteiger partial charge is 0.368 e. The van der Waals surface area contributed by atoms with Crippen LogP contribution < -0.4 is 5.73 Å². The summed E-state index contributed by atoms with van der Waals surface area (Å²) >= 11 is 1.87. The zero-order valence-corrected chi connectivity index (χ0v) is 12.7. The van der Waals surface area contributed by atoms with Crippen molar-refractivity contribution in [2.24, 2.45) is 5.10 Å². The highest BCUT2D eigenvalue weighted by Crippen LogP contribution is 2.22. The zero-order valence-electron chi connectivity index (χ0n) is 11.9. The van der Waals surface area contributed by atoms with Crippen molar-refractivity contribution in [3.63, 3.8) is 0 Å². The van der Waals surface area contributed by atoms with Crippen LogP contribution >= 0.6 is 11.8 Å². The van der Waals surface area contributed by atoms with Crippen LogP contribution in [0.2, 0.25) is 0 Å². The maximum absolute atomic E-state index is 5.77. The normalized spacial score (nSPS) is 11.3. The summed E-state index contributed by atoms with van der Waals surface area (Å²) in [5.74, 6) is 1.54. The van der Waals surface area contributed by atoms with Gasteiger partial charge in [0, 0.05) is 10.5 Å². The molecule has 20 heavy (non-hydrogen) atoms. The summed E-state index contributed by atoms with van der Waals surface area (Å²) in [5, 5.41) is 4.38. The van der Waals surface area contributed by atoms with Gasteiger partial charge in [0.15, 0.2) is 0 Å². The Morgan fingerprint density at radius 3 is 2.90 bits per heavy atom. The first-order chi connectivity index (χ1) is 9.70. The third-order valence-corrected chi connectivity index (χ3v) is 4.01. The van der Waals surface area contributed by atoms with E-state index in [1.807, 2.05) is 37.2 Å². The number of hydrogen-bond acceptors (Lipinski definition) is 4. The molecular formula is C15H20N4S. The van der Waals surface area contributed by atoms with Crippen molar-refractivity contribution in [3.8, 4) is 0 Å². The van der Waals surface area contributed by atoms with E-state index < -0.39 is 0 Å². The second kappa shape index (κ2) is 7.14. The molecule has 0 amide bonds. The van der Waals surface area contributed by atoms with Crippen LogP contribution in [0.1, 0.15) is 31.0 Å². The standard InChI is InChI=1S/C15H20N4S/c1-3-4-9-20-14-8-6-5-7-13(14)10-17-19-11-12(2)18-15(19)16/h5-8,10-11H,3-4,9H2,1-2H3,(H2,16,18). The Kier molecular flexibility index (Phi) is 5.24. The molecule has 0 bridgehead atoms. The van der Waals surface area contributed by atoms with Gasteiger partial charge in [-0.1, -0.05) is 31.5 Å². The molecule has 2 N–H and O–H groups in total. The summed E-state index contributed by atoms with van der Waals surface area (Å²) in [5.41, 5.74) is 7.75. The molecule has 0 spiro atoms. The van der Waals surface area contributed by atoms with E-state index in [0.29, 0.717) is 5.95 Å². The fourth-order valence-corrected chi connectivity index (χ4v) is 2.88. The SMILES string of the molecule is CCCCSc1ccccc1C=Nn1cc(C)nc1N. The summed E-state index contributed by atoms with van der Waals surface area (Å²) in [6.07, 6.45) is 6.10. The van der Waals surface area contributed by atoms with Gasteiger partial charge in [-0.3, -0.25) is 0 Å². The zero-order chi connectivity index (χ0) is 14.4. The minimum atomic E-state index is 0.412. The number of thioether (sulfide) groups is 1. The van der Waals surface area contributed by atoms with E-state index in [4.69, 9.17) is 5.73 Å². The van der Waals surface area contributed by atoms with E-state index in [9.17, 15) is 0 Å². The van der Waals surface area contributed by atoms with Crippen LogP contribution in [-0.4, -0.2) is 21.6 Å². The molecule has 0 fully saturated rings. The highest BCUT2D eigenvalue weighted by Gasteiger charge is 2.01. The monoisotopic (exact) mass is 288 g/mol. The van der Waals surface area contributed by atoms with Gasteiger partial charge < -0.3 is 5.73 Å². The Hall–Kier alpha value is -1.75. The molecule has 0 atom stereocenters. The molecule has 0 aliphatic heterocycles. The van der Waals surface area contributed by atoms with Crippen LogP contribution in [0.3, 0.4) is 0 Å². The number of nitrogens with two attached hydrogens (primary N) is 1. The van der Waals surface area contributed by atoms with Crippen molar-refractivity contribution in [2.45, 2.75) is 31.6 Å². The average molecular weight is 288 g/mol. The number of rotatable bonds is 6. The van der Waals surface area contributed by atoms with Gasteiger partial charge in [-0.05, 0) is 25.2 Å². The molecular weight excluding hydrogens is 268 g/mol. The lowest BCUT2D eigenvalue weighted by Crippen LogP contribution is -1.97. The molecule has 106 valence electrons. The van der Waals surface area contributed by atoms with Crippen LogP contribution in [0, 0.1) is 6.92 Å². The number of anilines is 1. The van der Waals surface area contributed by atoms with Crippen LogP contribution in [0.5, 0.6) is 0 Å². The lowest BCUT2D eigenvalue weighted by molar-refractivity contribution is 0.894. The predicted octanol–water partition coefficient (Wildman–Crippen LogP) is 3.55. The van der Waals surface area contributed by atoms with Crippen LogP contribution in [0.25, 0.3) is 0 Å². The van der Waals surface area contributed by atoms with E-state index in [0.717, 1.165) is 17.0 Å². The number of hydrogen-bond donors (Lipinski definition) is 1. The maximum atomic E-state index is 5.77. The first kappa shape index (κ1) is 14.7. The third-order valence-electron chi connectivity index (χ3n) is 2.83. The summed E-state index contributed by atoms with van der Waals surface area (Å²) in [7, 11) is 0. The Morgan fingerprint density at radius 1 is 1.40 bits per heavy atom. The number of imidazole rings is 1. The van der Waals surface area contributed by atoms with Gasteiger partial charge in [-0.2, -0.15) is 5.10 Å². The van der Waals surface area contributed by atoms with Crippen LogP contribution in [0.15, 0.2) is 40.5 Å². The maximum Gasteiger partial charge on any atom is 0.221 e. The van der Waals surface area contributed by atoms with E-state index in [1.54, 1.807) is 4.68 Å². The molecule has 0 unspecified atom stereocenters. The highest BCUT2D eigenvalue weighted by molar-refractivity contribution is 7.99. The lowest BCUT2D eigenvalue weighted by atomic mass is 10.2. The van der Waals surface area contributed by atoms with Crippen LogP contribution in [-0.2, 0) is 0 Å². The average Bonchev–Trinajstić information content (AvgIpc) is 2.76. The van der Waals surface area contributed by atoms with Crippen molar-refractivity contribution >= 4 is 23.9 Å². The van der Waals surface area contributed by atoms with Gasteiger partial charge in [-0.15, -0.1) is 11.8 Å². The Bertz CT molecular complexity index is 589. The van der Waals surface area contributed by atoms with E-state index in [1.165, 1.54) is 17.7 Å². The molecule has 0 aliphatic rings. The second-order valence-electron chi connectivity index (χ2n) is 4.57. The third kappa shape index (κ3) is 3.87. The van der Waals surface area contributed by atoms with Crippen molar-refractivity contribution in [1.29, 1.82) is 0 Å². The Balaban J connectivity index is 2.14. The number of nitrogen functional groups attached to an aromatic ring is 1. The minimum Gasteiger partial charge on any atom is -0.368 e. The number of nitrogens with zero attached hydrogens (tertiary/aromatic N) is 3. The fourth-order valence-electron chi connectivity index (χ4n) is 1.77. The smallest absolute Gasteiger partial charge is 0.221 e. The quantitative estimate of drug-likeness (QED) is 0.502. The summed E-state index contributed by atoms with van der Waals surface area (Å²) in [6.45, 7) is 4.11. The van der Waals surface area contributed by atoms with E-state index >= 15 is 0 Å². The Morgan fingerprint density at radius 2 is 2.20 bits per heavy atom. The van der Waals surface area contributed by atoms with Gasteiger partial charge in [0.2, 0.25) is 5.95 Å². The van der Waals surface area contributed by atoms with Crippen molar-refractivity contribution in [1.82, 2.24) is 9.66 Å². The van der Waals surface area contributed by atoms with Crippen LogP contribution in [0.4, 0.5) is 5.95 Å². The highest BCUT2D eigenvalue weighted by atomic mass is 32.2. The fraction of sp³-hybridized carbons (Fsp3) is 0.333. The van der Waals surface area contributed by atoms with Gasteiger partial charge in [0.25, 0.3) is 0 Å². The predicted molar refractivity (Wildman–Crippen MR) is 86.4 cm³/mol. The molecule has 2 aromatic rings. The summed E-state index contributed by atoms with van der Waals surface area (Å²) in [4.78, 5) is 5.38. The lowest BCUT2D eigenvalue weighted by Gasteiger charge is -2.04. The molecule has 5 heteroatoms. The number of benzene rings is 1. The van der Waals surface area contributed by atoms with E-state index in [2.05, 4.69) is 35.2 Å². The van der Waals surface area contributed by atoms with Crippen molar-refractivity contribution < 1.29 is 0 Å². The molecule has 1 aromatic heterocycles. The van der Waals surface area contributed by atoms with E-state index in [-0.39, 0.29) is 0 Å². The van der Waals surface area contributed by atoms with Crippen molar-refractivity contribution in [2.75, 3.05) is 11.5 Å². The van der Waals surface area contributed by atoms with Gasteiger partial charge in [-0.25, -0.2) is 9.66 Å². The van der Waals surface area contributed by atoms with Gasteiger partial charge in [0.1, 0.15) is 0 Å². The summed E-state index contributed by atoms with van der Waals surface area (Å²) < 4.78 is 1.60. The first-order valence-corrected chi connectivity index (χ1v) is 7.77. The first-order valence-electron chi connectivity index (χ1n) is 6.78. The molecule has 1 aromatic carbocycles. The Labute approximate surface area is 124 Å². The molecule has 0 aliphatic carbocycles. The molecule has 0 saturated heterocycles. The number of aryl methyl sites for hydroxylation is 1. The molecule has 0 radical (unpaired) electrons. The number of aromatic nitrogens is 2. The topological polar surface area (TPSA) is 56.2 Å². The van der Waals surface area contributed by atoms with Crippen molar-refractivity contribution in [3.05, 3.63) is 41.7 Å². The second-order valence-corrected chi connectivity index (χ2v) is 5.71. The van der Waals surface area contributed by atoms with Gasteiger partial charge in [0.05, 0.1) is 18.1 Å². The molecule has 0 saturated carbocycles. The van der Waals surface area contributed by atoms with Gasteiger partial charge >= 0.3 is 0 Å². The molecule has 2 rings (SSSR count). The molecule has 4 nitrogen and oxygen atoms in total. The molecule has 1 heterocycles. The summed E-state index contributed by atoms with van der Waals surface area (Å²) in [6, 6.07) is 8.27.